The first-order valence-corrected chi connectivity index (χ1v) is 9.47. The van der Waals surface area contributed by atoms with Crippen LogP contribution in [0.4, 0.5) is 0 Å². The van der Waals surface area contributed by atoms with Crippen molar-refractivity contribution < 1.29 is 8.42 Å². The molecule has 1 heterocycles. The normalized spacial score (nSPS) is 13.4. The lowest BCUT2D eigenvalue weighted by atomic mass is 10.1. The summed E-state index contributed by atoms with van der Waals surface area (Å²) >= 11 is 0. The van der Waals surface area contributed by atoms with Crippen LogP contribution in [0.3, 0.4) is 0 Å². The van der Waals surface area contributed by atoms with Crippen molar-refractivity contribution in [3.05, 3.63) is 35.7 Å². The largest absolute Gasteiger partial charge is 0.292 e. The van der Waals surface area contributed by atoms with Crippen LogP contribution in [0.15, 0.2) is 29.2 Å². The first kappa shape index (κ1) is 17.6. The van der Waals surface area contributed by atoms with E-state index in [2.05, 4.69) is 34.3 Å². The second kappa shape index (κ2) is 7.18. The first-order valence-electron chi connectivity index (χ1n) is 7.58. The third-order valence-corrected chi connectivity index (χ3v) is 5.01. The van der Waals surface area contributed by atoms with Crippen molar-refractivity contribution in [2.75, 3.05) is 13.3 Å². The van der Waals surface area contributed by atoms with Crippen LogP contribution in [0.2, 0.25) is 0 Å². The van der Waals surface area contributed by atoms with E-state index in [0.717, 1.165) is 24.4 Å². The lowest BCUT2D eigenvalue weighted by Gasteiger charge is -2.24. The molecule has 0 radical (unpaired) electrons. The summed E-state index contributed by atoms with van der Waals surface area (Å²) in [5.74, 6) is 0.828. The van der Waals surface area contributed by atoms with Crippen LogP contribution in [0.25, 0.3) is 0 Å². The molecule has 0 bridgehead atoms. The van der Waals surface area contributed by atoms with E-state index in [1.807, 2.05) is 23.9 Å². The van der Waals surface area contributed by atoms with Gasteiger partial charge >= 0.3 is 0 Å². The highest BCUT2D eigenvalue weighted by molar-refractivity contribution is 7.90. The molecule has 1 aromatic heterocycles. The molecule has 1 unspecified atom stereocenters. The second-order valence-electron chi connectivity index (χ2n) is 5.75. The van der Waals surface area contributed by atoms with Crippen molar-refractivity contribution in [2.45, 2.75) is 44.3 Å². The zero-order chi connectivity index (χ0) is 17.0. The standard InChI is InChI=1S/C15H23N5O2S/c1-5-10-20-15(16-17-18-20)11-19(3)12(2)13-6-8-14(9-7-13)23(4,21)22/h6-9,12H,5,10-11H2,1-4H3. The highest BCUT2D eigenvalue weighted by Gasteiger charge is 2.16. The maximum absolute atomic E-state index is 11.5. The monoisotopic (exact) mass is 337 g/mol. The summed E-state index contributed by atoms with van der Waals surface area (Å²) < 4.78 is 24.9. The van der Waals surface area contributed by atoms with Crippen LogP contribution in [-0.2, 0) is 22.9 Å². The lowest BCUT2D eigenvalue weighted by molar-refractivity contribution is 0.241. The fraction of sp³-hybridized carbons (Fsp3) is 0.533. The van der Waals surface area contributed by atoms with Crippen LogP contribution in [-0.4, -0.2) is 46.8 Å². The topological polar surface area (TPSA) is 81.0 Å². The van der Waals surface area contributed by atoms with Gasteiger partial charge in [0.05, 0.1) is 11.4 Å². The van der Waals surface area contributed by atoms with E-state index in [1.165, 1.54) is 6.26 Å². The molecule has 1 aromatic carbocycles. The average molecular weight is 337 g/mol. The van der Waals surface area contributed by atoms with Crippen LogP contribution < -0.4 is 0 Å². The Hall–Kier alpha value is -1.80. The third kappa shape index (κ3) is 4.35. The summed E-state index contributed by atoms with van der Waals surface area (Å²) in [6.07, 6.45) is 2.19. The smallest absolute Gasteiger partial charge is 0.175 e. The number of tetrazole rings is 1. The Labute approximate surface area is 137 Å². The minimum atomic E-state index is -3.16. The Kier molecular flexibility index (Phi) is 5.48. The van der Waals surface area contributed by atoms with Gasteiger partial charge in [0.15, 0.2) is 15.7 Å². The number of hydrogen-bond donors (Lipinski definition) is 0. The maximum atomic E-state index is 11.5. The van der Waals surface area contributed by atoms with Crippen LogP contribution in [0, 0.1) is 0 Å². The number of aryl methyl sites for hydroxylation is 1. The molecule has 1 atom stereocenters. The average Bonchev–Trinajstić information content (AvgIpc) is 2.93. The van der Waals surface area contributed by atoms with Crippen molar-refractivity contribution in [3.63, 3.8) is 0 Å². The van der Waals surface area contributed by atoms with Gasteiger partial charge in [-0.25, -0.2) is 13.1 Å². The molecule has 2 rings (SSSR count). The minimum absolute atomic E-state index is 0.121. The quantitative estimate of drug-likeness (QED) is 0.764. The summed E-state index contributed by atoms with van der Waals surface area (Å²) in [6, 6.07) is 7.13. The van der Waals surface area contributed by atoms with Crippen molar-refractivity contribution in [2.24, 2.45) is 0 Å². The van der Waals surface area contributed by atoms with Gasteiger partial charge in [0.1, 0.15) is 0 Å². The molecule has 2 aromatic rings. The molecule has 7 nitrogen and oxygen atoms in total. The van der Waals surface area contributed by atoms with Gasteiger partial charge < -0.3 is 0 Å². The number of nitrogens with zero attached hydrogens (tertiary/aromatic N) is 5. The van der Waals surface area contributed by atoms with Gasteiger partial charge in [0.2, 0.25) is 0 Å². The van der Waals surface area contributed by atoms with Gasteiger partial charge in [0.25, 0.3) is 0 Å². The van der Waals surface area contributed by atoms with Gasteiger partial charge in [-0.3, -0.25) is 4.90 Å². The fourth-order valence-corrected chi connectivity index (χ4v) is 2.96. The van der Waals surface area contributed by atoms with Crippen molar-refractivity contribution in [1.29, 1.82) is 0 Å². The number of rotatable bonds is 7. The molecule has 0 spiro atoms. The Balaban J connectivity index is 2.10. The molecule has 0 amide bonds. The molecule has 0 fully saturated rings. The van der Waals surface area contributed by atoms with E-state index >= 15 is 0 Å². The molecule has 23 heavy (non-hydrogen) atoms. The van der Waals surface area contributed by atoms with Gasteiger partial charge in [-0.15, -0.1) is 5.10 Å². The number of benzene rings is 1. The van der Waals surface area contributed by atoms with Gasteiger partial charge in [-0.1, -0.05) is 19.1 Å². The molecule has 0 N–H and O–H groups in total. The zero-order valence-corrected chi connectivity index (χ0v) is 14.8. The Morgan fingerprint density at radius 2 is 1.91 bits per heavy atom. The molecule has 0 aliphatic heterocycles. The molecular weight excluding hydrogens is 314 g/mol. The SMILES string of the molecule is CCCn1nnnc1CN(C)C(C)c1ccc(S(C)(=O)=O)cc1. The number of sulfone groups is 1. The molecule has 0 saturated carbocycles. The Bertz CT molecular complexity index is 739. The van der Waals surface area contributed by atoms with Crippen LogP contribution in [0.5, 0.6) is 0 Å². The van der Waals surface area contributed by atoms with E-state index < -0.39 is 9.84 Å². The number of aromatic nitrogens is 4. The second-order valence-corrected chi connectivity index (χ2v) is 7.77. The van der Waals surface area contributed by atoms with Gasteiger partial charge in [-0.2, -0.15) is 0 Å². The predicted octanol–water partition coefficient (Wildman–Crippen LogP) is 1.68. The van der Waals surface area contributed by atoms with E-state index in [0.29, 0.717) is 11.4 Å². The predicted molar refractivity (Wildman–Crippen MR) is 87.5 cm³/mol. The van der Waals surface area contributed by atoms with Crippen molar-refractivity contribution in [3.8, 4) is 0 Å². The summed E-state index contributed by atoms with van der Waals surface area (Å²) in [4.78, 5) is 2.47. The zero-order valence-electron chi connectivity index (χ0n) is 14.0. The minimum Gasteiger partial charge on any atom is -0.292 e. The fourth-order valence-electron chi connectivity index (χ4n) is 2.33. The van der Waals surface area contributed by atoms with E-state index in [1.54, 1.807) is 12.1 Å². The molecule has 126 valence electrons. The van der Waals surface area contributed by atoms with E-state index in [4.69, 9.17) is 0 Å². The molecular formula is C15H23N5O2S. The van der Waals surface area contributed by atoms with E-state index in [-0.39, 0.29) is 6.04 Å². The summed E-state index contributed by atoms with van der Waals surface area (Å²) in [7, 11) is -1.16. The van der Waals surface area contributed by atoms with Crippen LogP contribution >= 0.6 is 0 Å². The summed E-state index contributed by atoms with van der Waals surface area (Å²) in [5, 5.41) is 11.8. The van der Waals surface area contributed by atoms with E-state index in [9.17, 15) is 8.42 Å². The molecule has 0 aliphatic carbocycles. The van der Waals surface area contributed by atoms with Crippen molar-refractivity contribution in [1.82, 2.24) is 25.1 Å². The Morgan fingerprint density at radius 3 is 2.48 bits per heavy atom. The third-order valence-electron chi connectivity index (χ3n) is 3.88. The highest BCUT2D eigenvalue weighted by Crippen LogP contribution is 2.21. The molecule has 0 saturated heterocycles. The molecule has 0 aliphatic rings. The lowest BCUT2D eigenvalue weighted by Crippen LogP contribution is -2.24. The van der Waals surface area contributed by atoms with Gasteiger partial charge in [0, 0.05) is 18.8 Å². The first-order chi connectivity index (χ1) is 10.8. The summed E-state index contributed by atoms with van der Waals surface area (Å²) in [6.45, 7) is 5.58. The molecule has 8 heteroatoms. The van der Waals surface area contributed by atoms with Crippen LogP contribution in [0.1, 0.15) is 37.7 Å². The Morgan fingerprint density at radius 1 is 1.26 bits per heavy atom. The summed E-state index contributed by atoms with van der Waals surface area (Å²) in [5.41, 5.74) is 1.05. The van der Waals surface area contributed by atoms with Crippen molar-refractivity contribution >= 4 is 9.84 Å². The maximum Gasteiger partial charge on any atom is 0.175 e. The highest BCUT2D eigenvalue weighted by atomic mass is 32.2. The van der Waals surface area contributed by atoms with Gasteiger partial charge in [-0.05, 0) is 48.5 Å². The number of hydrogen-bond acceptors (Lipinski definition) is 6.